The smallest absolute Gasteiger partial charge is 0.245 e. The van der Waals surface area contributed by atoms with Crippen LogP contribution in [0.1, 0.15) is 18.4 Å². The van der Waals surface area contributed by atoms with Gasteiger partial charge < -0.3 is 10.2 Å². The first-order valence-electron chi connectivity index (χ1n) is 8.26. The van der Waals surface area contributed by atoms with E-state index < -0.39 is 21.5 Å². The fraction of sp³-hybridized carbons (Fsp3) is 0.529. The molecule has 0 aromatic heterocycles. The Morgan fingerprint density at radius 3 is 2.64 bits per heavy atom. The molecule has 2 aliphatic rings. The summed E-state index contributed by atoms with van der Waals surface area (Å²) < 4.78 is 24.8. The maximum Gasteiger partial charge on any atom is 0.245 e. The first kappa shape index (κ1) is 17.9. The minimum atomic E-state index is -3.33. The summed E-state index contributed by atoms with van der Waals surface area (Å²) in [5.41, 5.74) is 0.235. The molecule has 7 nitrogen and oxygen atoms in total. The van der Waals surface area contributed by atoms with E-state index in [-0.39, 0.29) is 18.4 Å². The normalized spacial score (nSPS) is 26.8. The van der Waals surface area contributed by atoms with Crippen LogP contribution in [-0.2, 0) is 26.2 Å². The van der Waals surface area contributed by atoms with E-state index in [1.54, 1.807) is 11.9 Å². The summed E-state index contributed by atoms with van der Waals surface area (Å²) in [6.45, 7) is 0.950. The third-order valence-corrected chi connectivity index (χ3v) is 6.36. The van der Waals surface area contributed by atoms with Crippen molar-refractivity contribution >= 4 is 21.8 Å². The van der Waals surface area contributed by atoms with Crippen molar-refractivity contribution in [3.05, 3.63) is 35.9 Å². The number of amides is 2. The van der Waals surface area contributed by atoms with Crippen molar-refractivity contribution in [1.82, 2.24) is 14.5 Å². The van der Waals surface area contributed by atoms with Crippen LogP contribution < -0.4 is 5.32 Å². The fourth-order valence-electron chi connectivity index (χ4n) is 3.67. The maximum absolute atomic E-state index is 12.7. The Labute approximate surface area is 148 Å². The SMILES string of the molecule is CN(Cc1ccccc1)C(=O)[C@@H]1C[C@]2(CCN(S(C)(=O)=O)C2)C(=O)N1. The highest BCUT2D eigenvalue weighted by molar-refractivity contribution is 7.88. The van der Waals surface area contributed by atoms with Crippen molar-refractivity contribution in [3.63, 3.8) is 0 Å². The summed E-state index contributed by atoms with van der Waals surface area (Å²) in [5, 5.41) is 2.77. The van der Waals surface area contributed by atoms with E-state index in [9.17, 15) is 18.0 Å². The summed E-state index contributed by atoms with van der Waals surface area (Å²) in [7, 11) is -1.61. The lowest BCUT2D eigenvalue weighted by Crippen LogP contribution is -2.42. The summed E-state index contributed by atoms with van der Waals surface area (Å²) in [6, 6.07) is 9.04. The molecule has 25 heavy (non-hydrogen) atoms. The number of sulfonamides is 1. The van der Waals surface area contributed by atoms with E-state index in [1.165, 1.54) is 4.31 Å². The van der Waals surface area contributed by atoms with E-state index in [2.05, 4.69) is 5.32 Å². The monoisotopic (exact) mass is 365 g/mol. The van der Waals surface area contributed by atoms with Crippen LogP contribution in [0.5, 0.6) is 0 Å². The molecule has 3 rings (SSSR count). The predicted octanol–water partition coefficient (Wildman–Crippen LogP) is 0.185. The Balaban J connectivity index is 1.67. The number of hydrogen-bond acceptors (Lipinski definition) is 4. The molecule has 1 N–H and O–H groups in total. The number of benzene rings is 1. The lowest BCUT2D eigenvalue weighted by Gasteiger charge is -2.22. The van der Waals surface area contributed by atoms with Crippen LogP contribution in [-0.4, -0.2) is 61.9 Å². The first-order chi connectivity index (χ1) is 11.7. The average molecular weight is 365 g/mol. The molecule has 8 heteroatoms. The molecule has 0 radical (unpaired) electrons. The zero-order valence-corrected chi connectivity index (χ0v) is 15.3. The number of carbonyl (C=O) groups excluding carboxylic acids is 2. The number of carbonyl (C=O) groups is 2. The van der Waals surface area contributed by atoms with E-state index in [1.807, 2.05) is 30.3 Å². The Morgan fingerprint density at radius 1 is 1.36 bits per heavy atom. The van der Waals surface area contributed by atoms with Crippen molar-refractivity contribution in [2.75, 3.05) is 26.4 Å². The van der Waals surface area contributed by atoms with Crippen LogP contribution in [0.4, 0.5) is 0 Å². The van der Waals surface area contributed by atoms with Gasteiger partial charge in [0.1, 0.15) is 6.04 Å². The lowest BCUT2D eigenvalue weighted by molar-refractivity contribution is -0.133. The van der Waals surface area contributed by atoms with E-state index in [4.69, 9.17) is 0 Å². The van der Waals surface area contributed by atoms with Crippen molar-refractivity contribution < 1.29 is 18.0 Å². The van der Waals surface area contributed by atoms with Crippen molar-refractivity contribution in [3.8, 4) is 0 Å². The van der Waals surface area contributed by atoms with Gasteiger partial charge in [0.15, 0.2) is 0 Å². The van der Waals surface area contributed by atoms with Gasteiger partial charge in [-0.25, -0.2) is 12.7 Å². The Hall–Kier alpha value is -1.93. The molecule has 2 aliphatic heterocycles. The molecule has 136 valence electrons. The van der Waals surface area contributed by atoms with Crippen LogP contribution in [0.2, 0.25) is 0 Å². The van der Waals surface area contributed by atoms with Gasteiger partial charge in [0.2, 0.25) is 21.8 Å². The zero-order chi connectivity index (χ0) is 18.2. The van der Waals surface area contributed by atoms with E-state index >= 15 is 0 Å². The third-order valence-electron chi connectivity index (χ3n) is 5.11. The molecule has 0 aliphatic carbocycles. The maximum atomic E-state index is 12.7. The highest BCUT2D eigenvalue weighted by Gasteiger charge is 2.54. The Kier molecular flexibility index (Phi) is 4.59. The van der Waals surface area contributed by atoms with Gasteiger partial charge in [0, 0.05) is 26.7 Å². The van der Waals surface area contributed by atoms with Crippen molar-refractivity contribution in [2.45, 2.75) is 25.4 Å². The van der Waals surface area contributed by atoms with Gasteiger partial charge in [-0.05, 0) is 18.4 Å². The molecule has 0 saturated carbocycles. The van der Waals surface area contributed by atoms with Gasteiger partial charge in [0.25, 0.3) is 0 Å². The molecule has 2 heterocycles. The molecule has 0 bridgehead atoms. The lowest BCUT2D eigenvalue weighted by atomic mass is 9.84. The number of rotatable bonds is 4. The summed E-state index contributed by atoms with van der Waals surface area (Å²) in [6.07, 6.45) is 1.95. The van der Waals surface area contributed by atoms with E-state index in [0.29, 0.717) is 25.9 Å². The predicted molar refractivity (Wildman–Crippen MR) is 92.9 cm³/mol. The number of nitrogens with zero attached hydrogens (tertiary/aromatic N) is 2. The Bertz CT molecular complexity index is 780. The Morgan fingerprint density at radius 2 is 2.04 bits per heavy atom. The largest absolute Gasteiger partial charge is 0.344 e. The van der Waals surface area contributed by atoms with Gasteiger partial charge in [-0.2, -0.15) is 0 Å². The second-order valence-corrected chi connectivity index (χ2v) is 9.02. The molecule has 2 atom stereocenters. The second-order valence-electron chi connectivity index (χ2n) is 7.04. The number of likely N-dealkylation sites (N-methyl/N-ethyl adjacent to an activating group) is 1. The zero-order valence-electron chi connectivity index (χ0n) is 14.4. The molecule has 1 aromatic carbocycles. The average Bonchev–Trinajstić information content (AvgIpc) is 3.13. The minimum Gasteiger partial charge on any atom is -0.344 e. The quantitative estimate of drug-likeness (QED) is 0.825. The van der Waals surface area contributed by atoms with Crippen LogP contribution in [0.15, 0.2) is 30.3 Å². The second kappa shape index (κ2) is 6.42. The van der Waals surface area contributed by atoms with Crippen LogP contribution >= 0.6 is 0 Å². The minimum absolute atomic E-state index is 0.146. The number of hydrogen-bond donors (Lipinski definition) is 1. The van der Waals surface area contributed by atoms with Gasteiger partial charge >= 0.3 is 0 Å². The number of nitrogens with one attached hydrogen (secondary N) is 1. The molecular formula is C17H23N3O4S. The first-order valence-corrected chi connectivity index (χ1v) is 10.1. The molecule has 1 aromatic rings. The van der Waals surface area contributed by atoms with Crippen molar-refractivity contribution in [2.24, 2.45) is 5.41 Å². The molecular weight excluding hydrogens is 342 g/mol. The highest BCUT2D eigenvalue weighted by atomic mass is 32.2. The van der Waals surface area contributed by atoms with Gasteiger partial charge in [0.05, 0.1) is 11.7 Å². The topological polar surface area (TPSA) is 86.8 Å². The summed E-state index contributed by atoms with van der Waals surface area (Å²) in [5.74, 6) is -0.364. The summed E-state index contributed by atoms with van der Waals surface area (Å²) >= 11 is 0. The summed E-state index contributed by atoms with van der Waals surface area (Å²) in [4.78, 5) is 26.8. The highest BCUT2D eigenvalue weighted by Crippen LogP contribution is 2.40. The molecule has 2 fully saturated rings. The molecule has 2 saturated heterocycles. The third kappa shape index (κ3) is 3.55. The molecule has 0 unspecified atom stereocenters. The molecule has 1 spiro atoms. The van der Waals surface area contributed by atoms with Gasteiger partial charge in [-0.1, -0.05) is 30.3 Å². The molecule has 2 amide bonds. The van der Waals surface area contributed by atoms with Gasteiger partial charge in [-0.15, -0.1) is 0 Å². The van der Waals surface area contributed by atoms with Crippen LogP contribution in [0.3, 0.4) is 0 Å². The van der Waals surface area contributed by atoms with Crippen LogP contribution in [0, 0.1) is 5.41 Å². The van der Waals surface area contributed by atoms with E-state index in [0.717, 1.165) is 11.8 Å². The van der Waals surface area contributed by atoms with Gasteiger partial charge in [-0.3, -0.25) is 9.59 Å². The van der Waals surface area contributed by atoms with Crippen LogP contribution in [0.25, 0.3) is 0 Å². The standard InChI is InChI=1S/C17H23N3O4S/c1-19(11-13-6-4-3-5-7-13)15(21)14-10-17(16(22)18-14)8-9-20(12-17)25(2,23)24/h3-7,14H,8-12H2,1-2H3,(H,18,22)/t14-,17-/m0/s1. The fourth-order valence-corrected chi connectivity index (χ4v) is 4.57. The van der Waals surface area contributed by atoms with Crippen molar-refractivity contribution in [1.29, 1.82) is 0 Å².